The van der Waals surface area contributed by atoms with Gasteiger partial charge in [0.25, 0.3) is 5.91 Å². The maximum Gasteiger partial charge on any atom is 0.265 e. The van der Waals surface area contributed by atoms with Gasteiger partial charge in [0.05, 0.1) is 5.69 Å². The van der Waals surface area contributed by atoms with Crippen LogP contribution in [0.15, 0.2) is 48.5 Å². The zero-order valence-electron chi connectivity index (χ0n) is 11.9. The molecule has 0 aliphatic carbocycles. The summed E-state index contributed by atoms with van der Waals surface area (Å²) in [7, 11) is 0. The van der Waals surface area contributed by atoms with Gasteiger partial charge in [-0.15, -0.1) is 0 Å². The zero-order valence-corrected chi connectivity index (χ0v) is 11.9. The first-order valence-corrected chi connectivity index (χ1v) is 6.48. The van der Waals surface area contributed by atoms with E-state index in [1.807, 2.05) is 38.1 Å². The van der Waals surface area contributed by atoms with Gasteiger partial charge < -0.3 is 0 Å². The Bertz CT molecular complexity index is 644. The van der Waals surface area contributed by atoms with Gasteiger partial charge in [0.2, 0.25) is 5.91 Å². The van der Waals surface area contributed by atoms with E-state index in [1.54, 1.807) is 24.3 Å². The van der Waals surface area contributed by atoms with Crippen molar-refractivity contribution in [3.8, 4) is 0 Å². The maximum atomic E-state index is 12.6. The smallest absolute Gasteiger partial charge is 0.265 e. The number of nitrogens with zero attached hydrogens (tertiary/aromatic N) is 1. The van der Waals surface area contributed by atoms with Crippen LogP contribution in [0.3, 0.4) is 0 Å². The molecule has 2 amide bonds. The normalized spacial score (nSPS) is 10.2. The monoisotopic (exact) mass is 267 g/mol. The number of benzene rings is 2. The average molecular weight is 267 g/mol. The van der Waals surface area contributed by atoms with E-state index < -0.39 is 0 Å². The molecule has 3 heteroatoms. The second kappa shape index (κ2) is 5.70. The third-order valence-electron chi connectivity index (χ3n) is 3.19. The number of hydrogen-bond donors (Lipinski definition) is 0. The minimum Gasteiger partial charge on any atom is -0.274 e. The summed E-state index contributed by atoms with van der Waals surface area (Å²) in [6.07, 6.45) is 0. The summed E-state index contributed by atoms with van der Waals surface area (Å²) in [5.41, 5.74) is 3.08. The molecule has 0 fully saturated rings. The fourth-order valence-corrected chi connectivity index (χ4v) is 2.07. The van der Waals surface area contributed by atoms with Gasteiger partial charge in [0.15, 0.2) is 0 Å². The van der Waals surface area contributed by atoms with Crippen molar-refractivity contribution in [2.45, 2.75) is 20.8 Å². The number of imide groups is 1. The molecule has 0 spiro atoms. The number of aryl methyl sites for hydroxylation is 2. The molecule has 20 heavy (non-hydrogen) atoms. The summed E-state index contributed by atoms with van der Waals surface area (Å²) >= 11 is 0. The molecule has 0 aliphatic heterocycles. The molecule has 0 saturated heterocycles. The van der Waals surface area contributed by atoms with Crippen LogP contribution in [0.2, 0.25) is 0 Å². The molecule has 0 heterocycles. The summed E-state index contributed by atoms with van der Waals surface area (Å²) in [6.45, 7) is 5.22. The van der Waals surface area contributed by atoms with Gasteiger partial charge >= 0.3 is 0 Å². The standard InChI is InChI=1S/C17H17NO2/c1-12-8-10-15(11-9-12)18(14(3)19)17(20)16-7-5-4-6-13(16)2/h4-11H,1-3H3. The zero-order chi connectivity index (χ0) is 14.7. The molecule has 0 saturated carbocycles. The molecule has 2 rings (SSSR count). The molecule has 102 valence electrons. The van der Waals surface area contributed by atoms with Gasteiger partial charge in [0.1, 0.15) is 0 Å². The van der Waals surface area contributed by atoms with E-state index in [1.165, 1.54) is 11.8 Å². The molecule has 0 aliphatic rings. The fourth-order valence-electron chi connectivity index (χ4n) is 2.07. The lowest BCUT2D eigenvalue weighted by Crippen LogP contribution is -2.35. The molecule has 0 unspecified atom stereocenters. The topological polar surface area (TPSA) is 37.4 Å². The van der Waals surface area contributed by atoms with Crippen molar-refractivity contribution in [2.24, 2.45) is 0 Å². The molecule has 0 N–H and O–H groups in total. The van der Waals surface area contributed by atoms with E-state index in [0.717, 1.165) is 11.1 Å². The Hall–Kier alpha value is -2.42. The predicted molar refractivity (Wildman–Crippen MR) is 79.8 cm³/mol. The molecule has 0 aromatic heterocycles. The van der Waals surface area contributed by atoms with Crippen LogP contribution in [0.25, 0.3) is 0 Å². The highest BCUT2D eigenvalue weighted by Gasteiger charge is 2.22. The van der Waals surface area contributed by atoms with E-state index in [0.29, 0.717) is 11.3 Å². The number of carbonyl (C=O) groups is 2. The van der Waals surface area contributed by atoms with Crippen molar-refractivity contribution >= 4 is 17.5 Å². The van der Waals surface area contributed by atoms with Crippen molar-refractivity contribution in [3.05, 3.63) is 65.2 Å². The van der Waals surface area contributed by atoms with Crippen LogP contribution in [0.5, 0.6) is 0 Å². The van der Waals surface area contributed by atoms with Crippen molar-refractivity contribution in [2.75, 3.05) is 4.90 Å². The largest absolute Gasteiger partial charge is 0.274 e. The number of carbonyl (C=O) groups excluding carboxylic acids is 2. The first-order chi connectivity index (χ1) is 9.50. The Morgan fingerprint density at radius 2 is 1.50 bits per heavy atom. The van der Waals surface area contributed by atoms with Gasteiger partial charge in [-0.3, -0.25) is 9.59 Å². The highest BCUT2D eigenvalue weighted by Crippen LogP contribution is 2.20. The summed E-state index contributed by atoms with van der Waals surface area (Å²) in [4.78, 5) is 25.7. The van der Waals surface area contributed by atoms with Gasteiger partial charge in [-0.05, 0) is 37.6 Å². The Balaban J connectivity index is 2.44. The van der Waals surface area contributed by atoms with Crippen molar-refractivity contribution in [1.82, 2.24) is 0 Å². The summed E-state index contributed by atoms with van der Waals surface area (Å²) < 4.78 is 0. The van der Waals surface area contributed by atoms with Crippen LogP contribution in [-0.2, 0) is 4.79 Å². The molecule has 3 nitrogen and oxygen atoms in total. The van der Waals surface area contributed by atoms with Crippen molar-refractivity contribution in [3.63, 3.8) is 0 Å². The Morgan fingerprint density at radius 3 is 2.05 bits per heavy atom. The van der Waals surface area contributed by atoms with Crippen LogP contribution in [-0.4, -0.2) is 11.8 Å². The SMILES string of the molecule is CC(=O)N(C(=O)c1ccccc1C)c1ccc(C)cc1. The quantitative estimate of drug-likeness (QED) is 0.835. The van der Waals surface area contributed by atoms with E-state index in [2.05, 4.69) is 0 Å². The van der Waals surface area contributed by atoms with Crippen LogP contribution in [0, 0.1) is 13.8 Å². The minimum absolute atomic E-state index is 0.290. The fraction of sp³-hybridized carbons (Fsp3) is 0.176. The number of hydrogen-bond acceptors (Lipinski definition) is 2. The van der Waals surface area contributed by atoms with Gasteiger partial charge in [0, 0.05) is 12.5 Å². The third-order valence-corrected chi connectivity index (χ3v) is 3.19. The van der Waals surface area contributed by atoms with Gasteiger partial charge in [-0.1, -0.05) is 35.9 Å². The highest BCUT2D eigenvalue weighted by molar-refractivity contribution is 6.20. The molecular formula is C17H17NO2. The third kappa shape index (κ3) is 2.77. The minimum atomic E-state index is -0.292. The molecular weight excluding hydrogens is 250 g/mol. The molecule has 2 aromatic carbocycles. The van der Waals surface area contributed by atoms with Crippen LogP contribution in [0.4, 0.5) is 5.69 Å². The second-order valence-corrected chi connectivity index (χ2v) is 4.81. The highest BCUT2D eigenvalue weighted by atomic mass is 16.2. The van der Waals surface area contributed by atoms with E-state index in [-0.39, 0.29) is 11.8 Å². The van der Waals surface area contributed by atoms with Crippen LogP contribution >= 0.6 is 0 Å². The Morgan fingerprint density at radius 1 is 0.900 bits per heavy atom. The number of amides is 2. The summed E-state index contributed by atoms with van der Waals surface area (Å²) in [6, 6.07) is 14.6. The number of anilines is 1. The van der Waals surface area contributed by atoms with E-state index >= 15 is 0 Å². The Kier molecular flexibility index (Phi) is 3.99. The van der Waals surface area contributed by atoms with Crippen molar-refractivity contribution in [1.29, 1.82) is 0 Å². The maximum absolute atomic E-state index is 12.6. The summed E-state index contributed by atoms with van der Waals surface area (Å²) in [5.74, 6) is -0.582. The average Bonchev–Trinajstić information content (AvgIpc) is 2.41. The molecule has 0 atom stereocenters. The van der Waals surface area contributed by atoms with Crippen molar-refractivity contribution < 1.29 is 9.59 Å². The molecule has 0 radical (unpaired) electrons. The summed E-state index contributed by atoms with van der Waals surface area (Å²) in [5, 5.41) is 0. The lowest BCUT2D eigenvalue weighted by Gasteiger charge is -2.20. The first-order valence-electron chi connectivity index (χ1n) is 6.48. The molecule has 2 aromatic rings. The lowest BCUT2D eigenvalue weighted by molar-refractivity contribution is -0.115. The predicted octanol–water partition coefficient (Wildman–Crippen LogP) is 3.50. The molecule has 0 bridgehead atoms. The lowest BCUT2D eigenvalue weighted by atomic mass is 10.1. The van der Waals surface area contributed by atoms with E-state index in [9.17, 15) is 9.59 Å². The first kappa shape index (κ1) is 14.0. The van der Waals surface area contributed by atoms with Crippen LogP contribution in [0.1, 0.15) is 28.4 Å². The van der Waals surface area contributed by atoms with E-state index in [4.69, 9.17) is 0 Å². The van der Waals surface area contributed by atoms with Gasteiger partial charge in [-0.25, -0.2) is 4.90 Å². The second-order valence-electron chi connectivity index (χ2n) is 4.81. The number of rotatable bonds is 2. The Labute approximate surface area is 118 Å². The van der Waals surface area contributed by atoms with Crippen LogP contribution < -0.4 is 4.90 Å². The van der Waals surface area contributed by atoms with Gasteiger partial charge in [-0.2, -0.15) is 0 Å².